The summed E-state index contributed by atoms with van der Waals surface area (Å²) in [5.41, 5.74) is 4.56. The van der Waals surface area contributed by atoms with Gasteiger partial charge < -0.3 is 0 Å². The van der Waals surface area contributed by atoms with E-state index in [9.17, 15) is 0 Å². The molecule has 0 aromatic heterocycles. The van der Waals surface area contributed by atoms with Gasteiger partial charge in [0.25, 0.3) is 0 Å². The molecular weight excluding hydrogens is 252 g/mol. The first kappa shape index (κ1) is 15.1. The van der Waals surface area contributed by atoms with Crippen LogP contribution in [0.3, 0.4) is 0 Å². The Hall–Kier alpha value is -2.26. The Bertz CT molecular complexity index is 661. The molecule has 0 aliphatic carbocycles. The average Bonchev–Trinajstić information content (AvgIpc) is 2.47. The molecule has 2 rings (SSSR count). The second kappa shape index (κ2) is 6.46. The molecule has 0 saturated carbocycles. The third-order valence-corrected chi connectivity index (χ3v) is 3.72. The van der Waals surface area contributed by atoms with E-state index in [1.54, 1.807) is 0 Å². The van der Waals surface area contributed by atoms with Crippen molar-refractivity contribution in [2.24, 2.45) is 5.41 Å². The van der Waals surface area contributed by atoms with Crippen molar-refractivity contribution in [2.45, 2.75) is 27.2 Å². The zero-order chi connectivity index (χ0) is 15.3. The van der Waals surface area contributed by atoms with Crippen molar-refractivity contribution < 1.29 is 0 Å². The molecule has 106 valence electrons. The van der Waals surface area contributed by atoms with Gasteiger partial charge in [-0.1, -0.05) is 80.3 Å². The fourth-order valence-corrected chi connectivity index (χ4v) is 2.17. The van der Waals surface area contributed by atoms with Crippen LogP contribution in [0.15, 0.2) is 66.7 Å². The van der Waals surface area contributed by atoms with Gasteiger partial charge in [0.1, 0.15) is 0 Å². The van der Waals surface area contributed by atoms with Crippen molar-refractivity contribution in [3.63, 3.8) is 0 Å². The first-order valence-corrected chi connectivity index (χ1v) is 7.29. The lowest BCUT2D eigenvalue weighted by Crippen LogP contribution is -2.16. The fourth-order valence-electron chi connectivity index (χ4n) is 2.17. The summed E-state index contributed by atoms with van der Waals surface area (Å²) in [5, 5.41) is 0. The molecule has 0 saturated heterocycles. The van der Waals surface area contributed by atoms with Gasteiger partial charge in [-0.2, -0.15) is 0 Å². The molecular formula is C21H22. The van der Waals surface area contributed by atoms with Crippen LogP contribution in [0.1, 0.15) is 30.5 Å². The average molecular weight is 274 g/mol. The topological polar surface area (TPSA) is 0 Å². The molecule has 0 amide bonds. The maximum atomic E-state index is 4.18. The van der Waals surface area contributed by atoms with E-state index in [1.807, 2.05) is 6.07 Å². The van der Waals surface area contributed by atoms with E-state index < -0.39 is 0 Å². The lowest BCUT2D eigenvalue weighted by Gasteiger charge is -2.24. The first-order chi connectivity index (χ1) is 9.97. The highest BCUT2D eigenvalue weighted by atomic mass is 14.2. The molecule has 0 heteroatoms. The van der Waals surface area contributed by atoms with Gasteiger partial charge in [0.2, 0.25) is 0 Å². The van der Waals surface area contributed by atoms with Crippen LogP contribution >= 0.6 is 0 Å². The quantitative estimate of drug-likeness (QED) is 0.677. The second-order valence-electron chi connectivity index (χ2n) is 6.14. The lowest BCUT2D eigenvalue weighted by molar-refractivity contribution is 0.459. The standard InChI is InChI=1S/C21H22/c1-17-10-13-19(14-11-17)15-12-18(2)21(3,4)16-20-8-6-5-7-9-20/h5-11,13-14H,2,16H2,1,3-4H3. The van der Waals surface area contributed by atoms with Crippen LogP contribution in [0.5, 0.6) is 0 Å². The summed E-state index contributed by atoms with van der Waals surface area (Å²) in [6.45, 7) is 10.7. The maximum Gasteiger partial charge on any atom is 0.0249 e. The summed E-state index contributed by atoms with van der Waals surface area (Å²) in [5.74, 6) is 6.45. The van der Waals surface area contributed by atoms with Gasteiger partial charge in [0, 0.05) is 16.6 Å². The van der Waals surface area contributed by atoms with Crippen LogP contribution in [-0.4, -0.2) is 0 Å². The Morgan fingerprint density at radius 1 is 1.00 bits per heavy atom. The van der Waals surface area contributed by atoms with E-state index in [2.05, 4.69) is 87.7 Å². The summed E-state index contributed by atoms with van der Waals surface area (Å²) >= 11 is 0. The molecule has 0 fully saturated rings. The molecule has 0 aliphatic heterocycles. The van der Waals surface area contributed by atoms with E-state index in [1.165, 1.54) is 11.1 Å². The van der Waals surface area contributed by atoms with Crippen molar-refractivity contribution in [3.8, 4) is 11.8 Å². The van der Waals surface area contributed by atoms with E-state index in [-0.39, 0.29) is 5.41 Å². The molecule has 0 radical (unpaired) electrons. The molecule has 0 aliphatic rings. The van der Waals surface area contributed by atoms with Crippen molar-refractivity contribution in [1.29, 1.82) is 0 Å². The highest BCUT2D eigenvalue weighted by Crippen LogP contribution is 2.29. The van der Waals surface area contributed by atoms with Gasteiger partial charge in [0.15, 0.2) is 0 Å². The molecule has 0 nitrogen and oxygen atoms in total. The third-order valence-electron chi connectivity index (χ3n) is 3.72. The highest BCUT2D eigenvalue weighted by Gasteiger charge is 2.21. The van der Waals surface area contributed by atoms with E-state index in [0.29, 0.717) is 0 Å². The number of hydrogen-bond donors (Lipinski definition) is 0. The van der Waals surface area contributed by atoms with Crippen LogP contribution in [0.25, 0.3) is 0 Å². The fraction of sp³-hybridized carbons (Fsp3) is 0.238. The summed E-state index contributed by atoms with van der Waals surface area (Å²) < 4.78 is 0. The van der Waals surface area contributed by atoms with Crippen molar-refractivity contribution in [3.05, 3.63) is 83.4 Å². The van der Waals surface area contributed by atoms with Crippen LogP contribution in [0.4, 0.5) is 0 Å². The molecule has 0 unspecified atom stereocenters. The van der Waals surface area contributed by atoms with Gasteiger partial charge in [-0.15, -0.1) is 0 Å². The molecule has 0 bridgehead atoms. The van der Waals surface area contributed by atoms with Gasteiger partial charge in [-0.05, 0) is 31.0 Å². The normalized spacial score (nSPS) is 10.6. The Balaban J connectivity index is 2.10. The SMILES string of the molecule is C=C(C#Cc1ccc(C)cc1)C(C)(C)Cc1ccccc1. The van der Waals surface area contributed by atoms with E-state index in [0.717, 1.165) is 17.6 Å². The summed E-state index contributed by atoms with van der Waals surface area (Å²) in [7, 11) is 0. The minimum atomic E-state index is -0.0287. The zero-order valence-electron chi connectivity index (χ0n) is 13.1. The predicted molar refractivity (Wildman–Crippen MR) is 91.1 cm³/mol. The number of rotatable bonds is 3. The smallest absolute Gasteiger partial charge is 0.0249 e. The second-order valence-corrected chi connectivity index (χ2v) is 6.14. The summed E-state index contributed by atoms with van der Waals surface area (Å²) in [4.78, 5) is 0. The molecule has 0 atom stereocenters. The van der Waals surface area contributed by atoms with E-state index >= 15 is 0 Å². The minimum Gasteiger partial charge on any atom is -0.0868 e. The molecule has 21 heavy (non-hydrogen) atoms. The predicted octanol–water partition coefficient (Wildman–Crippen LogP) is 5.17. The van der Waals surface area contributed by atoms with Gasteiger partial charge in [-0.25, -0.2) is 0 Å². The molecule has 0 heterocycles. The monoisotopic (exact) mass is 274 g/mol. The van der Waals surface area contributed by atoms with Crippen LogP contribution in [-0.2, 0) is 6.42 Å². The Kier molecular flexibility index (Phi) is 4.66. The van der Waals surface area contributed by atoms with Gasteiger partial charge >= 0.3 is 0 Å². The molecule has 0 spiro atoms. The van der Waals surface area contributed by atoms with E-state index in [4.69, 9.17) is 0 Å². The zero-order valence-corrected chi connectivity index (χ0v) is 13.1. The minimum absolute atomic E-state index is 0.0287. The third kappa shape index (κ3) is 4.36. The summed E-state index contributed by atoms with van der Waals surface area (Å²) in [6.07, 6.45) is 0.954. The Morgan fingerprint density at radius 2 is 1.62 bits per heavy atom. The number of aryl methyl sites for hydroxylation is 1. The van der Waals surface area contributed by atoms with Gasteiger partial charge in [-0.3, -0.25) is 0 Å². The number of hydrogen-bond acceptors (Lipinski definition) is 0. The lowest BCUT2D eigenvalue weighted by atomic mass is 9.79. The number of benzene rings is 2. The van der Waals surface area contributed by atoms with Crippen LogP contribution < -0.4 is 0 Å². The first-order valence-electron chi connectivity index (χ1n) is 7.29. The van der Waals surface area contributed by atoms with Crippen molar-refractivity contribution in [1.82, 2.24) is 0 Å². The van der Waals surface area contributed by atoms with Crippen molar-refractivity contribution >= 4 is 0 Å². The molecule has 2 aromatic rings. The molecule has 2 aromatic carbocycles. The molecule has 0 N–H and O–H groups in total. The largest absolute Gasteiger partial charge is 0.0868 e. The van der Waals surface area contributed by atoms with Crippen LogP contribution in [0, 0.1) is 24.2 Å². The van der Waals surface area contributed by atoms with Gasteiger partial charge in [0.05, 0.1) is 0 Å². The highest BCUT2D eigenvalue weighted by molar-refractivity contribution is 5.42. The summed E-state index contributed by atoms with van der Waals surface area (Å²) in [6, 6.07) is 18.8. The Labute approximate surface area is 128 Å². The van der Waals surface area contributed by atoms with Crippen molar-refractivity contribution in [2.75, 3.05) is 0 Å². The Morgan fingerprint density at radius 3 is 2.24 bits per heavy atom. The maximum absolute atomic E-state index is 4.18. The number of allylic oxidation sites excluding steroid dienone is 1. The van der Waals surface area contributed by atoms with Crippen LogP contribution in [0.2, 0.25) is 0 Å².